The van der Waals surface area contributed by atoms with E-state index in [1.807, 2.05) is 19.1 Å². The third-order valence-corrected chi connectivity index (χ3v) is 6.16. The highest BCUT2D eigenvalue weighted by Crippen LogP contribution is 2.30. The van der Waals surface area contributed by atoms with Gasteiger partial charge in [-0.2, -0.15) is 0 Å². The Morgan fingerprint density at radius 2 is 2.16 bits per heavy atom. The Kier molecular flexibility index (Phi) is 4.77. The van der Waals surface area contributed by atoms with Crippen LogP contribution < -0.4 is 5.32 Å². The van der Waals surface area contributed by atoms with E-state index in [1.165, 1.54) is 0 Å². The lowest BCUT2D eigenvalue weighted by Gasteiger charge is -2.18. The predicted molar refractivity (Wildman–Crippen MR) is 79.6 cm³/mol. The second-order valence-electron chi connectivity index (χ2n) is 5.04. The second kappa shape index (κ2) is 6.00. The van der Waals surface area contributed by atoms with Crippen LogP contribution in [0.25, 0.3) is 0 Å². The Hall–Kier alpha value is -0.290. The average Bonchev–Trinajstić information content (AvgIpc) is 2.69. The van der Waals surface area contributed by atoms with Crippen molar-refractivity contribution >= 4 is 33.0 Å². The lowest BCUT2D eigenvalue weighted by Crippen LogP contribution is -2.26. The zero-order valence-corrected chi connectivity index (χ0v) is 13.0. The van der Waals surface area contributed by atoms with Crippen LogP contribution in [-0.4, -0.2) is 26.5 Å². The van der Waals surface area contributed by atoms with Gasteiger partial charge >= 0.3 is 0 Å². The summed E-state index contributed by atoms with van der Waals surface area (Å²) in [5, 5.41) is 4.44. The molecule has 1 aromatic carbocycles. The van der Waals surface area contributed by atoms with E-state index in [1.54, 1.807) is 6.07 Å². The first-order valence-corrected chi connectivity index (χ1v) is 8.84. The highest BCUT2D eigenvalue weighted by Gasteiger charge is 2.27. The van der Waals surface area contributed by atoms with Crippen LogP contribution in [-0.2, 0) is 9.84 Å². The summed E-state index contributed by atoms with van der Waals surface area (Å²) in [4.78, 5) is 0. The Balaban J connectivity index is 1.95. The minimum Gasteiger partial charge on any atom is -0.310 e. The second-order valence-corrected chi connectivity index (χ2v) is 8.06. The Labute approximate surface area is 124 Å². The lowest BCUT2D eigenvalue weighted by atomic mass is 10.1. The monoisotopic (exact) mass is 321 g/mol. The minimum absolute atomic E-state index is 0.0505. The lowest BCUT2D eigenvalue weighted by molar-refractivity contribution is 0.476. The van der Waals surface area contributed by atoms with Crippen LogP contribution in [0.4, 0.5) is 0 Å². The largest absolute Gasteiger partial charge is 0.310 e. The SMILES string of the molecule is CC(NCC1CCS(=O)(=O)C1)c1cccc(Cl)c1Cl. The van der Waals surface area contributed by atoms with Gasteiger partial charge in [-0.15, -0.1) is 0 Å². The van der Waals surface area contributed by atoms with Crippen LogP contribution in [0.15, 0.2) is 18.2 Å². The molecule has 0 aromatic heterocycles. The van der Waals surface area contributed by atoms with Crippen LogP contribution >= 0.6 is 23.2 Å². The molecule has 0 amide bonds. The van der Waals surface area contributed by atoms with Crippen molar-refractivity contribution < 1.29 is 8.42 Å². The molecule has 2 rings (SSSR count). The summed E-state index contributed by atoms with van der Waals surface area (Å²) in [7, 11) is -2.81. The van der Waals surface area contributed by atoms with Crippen molar-refractivity contribution in [2.24, 2.45) is 5.92 Å². The molecule has 1 fully saturated rings. The number of hydrogen-bond donors (Lipinski definition) is 1. The molecule has 1 saturated heterocycles. The van der Waals surface area contributed by atoms with Gasteiger partial charge in [-0.1, -0.05) is 35.3 Å². The number of benzene rings is 1. The maximum atomic E-state index is 11.4. The normalized spacial score (nSPS) is 23.4. The van der Waals surface area contributed by atoms with Crippen molar-refractivity contribution in [1.29, 1.82) is 0 Å². The Morgan fingerprint density at radius 3 is 2.79 bits per heavy atom. The molecular formula is C13H17Cl2NO2S. The summed E-state index contributed by atoms with van der Waals surface area (Å²) in [5.41, 5.74) is 0.940. The van der Waals surface area contributed by atoms with E-state index >= 15 is 0 Å². The molecule has 0 aliphatic carbocycles. The fourth-order valence-electron chi connectivity index (χ4n) is 2.34. The molecular weight excluding hydrogens is 305 g/mol. The van der Waals surface area contributed by atoms with Crippen LogP contribution in [0, 0.1) is 5.92 Å². The predicted octanol–water partition coefficient (Wildman–Crippen LogP) is 3.08. The van der Waals surface area contributed by atoms with E-state index in [9.17, 15) is 8.42 Å². The molecule has 1 aromatic rings. The van der Waals surface area contributed by atoms with Gasteiger partial charge in [0, 0.05) is 6.04 Å². The molecule has 3 nitrogen and oxygen atoms in total. The summed E-state index contributed by atoms with van der Waals surface area (Å²) >= 11 is 12.1. The topological polar surface area (TPSA) is 46.2 Å². The van der Waals surface area contributed by atoms with Crippen molar-refractivity contribution in [3.05, 3.63) is 33.8 Å². The molecule has 0 radical (unpaired) electrons. The summed E-state index contributed by atoms with van der Waals surface area (Å²) < 4.78 is 22.8. The van der Waals surface area contributed by atoms with E-state index in [0.29, 0.717) is 22.3 Å². The average molecular weight is 322 g/mol. The van der Waals surface area contributed by atoms with E-state index in [4.69, 9.17) is 23.2 Å². The molecule has 2 unspecified atom stereocenters. The number of rotatable bonds is 4. The zero-order valence-electron chi connectivity index (χ0n) is 10.7. The summed E-state index contributed by atoms with van der Waals surface area (Å²) in [6, 6.07) is 5.59. The smallest absolute Gasteiger partial charge is 0.150 e. The van der Waals surface area contributed by atoms with Gasteiger partial charge in [0.05, 0.1) is 21.6 Å². The van der Waals surface area contributed by atoms with Crippen molar-refractivity contribution in [1.82, 2.24) is 5.32 Å². The van der Waals surface area contributed by atoms with Crippen LogP contribution in [0.2, 0.25) is 10.0 Å². The maximum absolute atomic E-state index is 11.4. The summed E-state index contributed by atoms with van der Waals surface area (Å²) in [6.45, 7) is 2.68. The van der Waals surface area contributed by atoms with E-state index in [2.05, 4.69) is 5.32 Å². The van der Waals surface area contributed by atoms with Crippen molar-refractivity contribution in [3.63, 3.8) is 0 Å². The van der Waals surface area contributed by atoms with Gasteiger partial charge in [0.25, 0.3) is 0 Å². The Morgan fingerprint density at radius 1 is 1.42 bits per heavy atom. The van der Waals surface area contributed by atoms with Gasteiger partial charge in [0.2, 0.25) is 0 Å². The van der Waals surface area contributed by atoms with Crippen LogP contribution in [0.3, 0.4) is 0 Å². The van der Waals surface area contributed by atoms with Gasteiger partial charge in [-0.05, 0) is 37.4 Å². The quantitative estimate of drug-likeness (QED) is 0.927. The first-order valence-electron chi connectivity index (χ1n) is 6.27. The van der Waals surface area contributed by atoms with E-state index < -0.39 is 9.84 Å². The fraction of sp³-hybridized carbons (Fsp3) is 0.538. The third kappa shape index (κ3) is 3.85. The number of halogens is 2. The third-order valence-electron chi connectivity index (χ3n) is 3.49. The summed E-state index contributed by atoms with van der Waals surface area (Å²) in [5.74, 6) is 0.798. The molecule has 106 valence electrons. The van der Waals surface area contributed by atoms with Crippen molar-refractivity contribution in [3.8, 4) is 0 Å². The Bertz CT molecular complexity index is 560. The number of hydrogen-bond acceptors (Lipinski definition) is 3. The summed E-state index contributed by atoms with van der Waals surface area (Å²) in [6.07, 6.45) is 0.741. The maximum Gasteiger partial charge on any atom is 0.150 e. The van der Waals surface area contributed by atoms with Crippen LogP contribution in [0.1, 0.15) is 24.9 Å². The van der Waals surface area contributed by atoms with Gasteiger partial charge in [0.15, 0.2) is 9.84 Å². The molecule has 0 spiro atoms. The standard InChI is InChI=1S/C13H17Cl2NO2S/c1-9(11-3-2-4-12(14)13(11)15)16-7-10-5-6-19(17,18)8-10/h2-4,9-10,16H,5-8H2,1H3. The molecule has 1 heterocycles. The molecule has 0 bridgehead atoms. The van der Waals surface area contributed by atoms with Crippen molar-refractivity contribution in [2.75, 3.05) is 18.1 Å². The van der Waals surface area contributed by atoms with Crippen LogP contribution in [0.5, 0.6) is 0 Å². The molecule has 0 saturated carbocycles. The highest BCUT2D eigenvalue weighted by molar-refractivity contribution is 7.91. The zero-order chi connectivity index (χ0) is 14.0. The minimum atomic E-state index is -2.81. The number of sulfone groups is 1. The fourth-order valence-corrected chi connectivity index (χ4v) is 4.67. The molecule has 19 heavy (non-hydrogen) atoms. The molecule has 2 atom stereocenters. The van der Waals surface area contributed by atoms with Gasteiger partial charge < -0.3 is 5.32 Å². The molecule has 1 aliphatic heterocycles. The van der Waals surface area contributed by atoms with E-state index in [-0.39, 0.29) is 17.7 Å². The first kappa shape index (κ1) is 15.1. The molecule has 6 heteroatoms. The molecule has 1 aliphatic rings. The first-order chi connectivity index (χ1) is 8.89. The van der Waals surface area contributed by atoms with Gasteiger partial charge in [-0.3, -0.25) is 0 Å². The van der Waals surface area contributed by atoms with Crippen molar-refractivity contribution in [2.45, 2.75) is 19.4 Å². The highest BCUT2D eigenvalue weighted by atomic mass is 35.5. The van der Waals surface area contributed by atoms with Gasteiger partial charge in [-0.25, -0.2) is 8.42 Å². The molecule has 1 N–H and O–H groups in total. The number of nitrogens with one attached hydrogen (secondary N) is 1. The van der Waals surface area contributed by atoms with E-state index in [0.717, 1.165) is 12.0 Å². The van der Waals surface area contributed by atoms with Gasteiger partial charge in [0.1, 0.15) is 0 Å².